The molecule has 0 aliphatic carbocycles. The minimum Gasteiger partial charge on any atom is -0.871 e. The molecule has 24 nitrogen and oxygen atoms in total. The summed E-state index contributed by atoms with van der Waals surface area (Å²) >= 11 is 0. The zero-order valence-corrected chi connectivity index (χ0v) is 38.3. The molecule has 4 aromatic carbocycles. The molecule has 305 valence electrons. The first-order chi connectivity index (χ1) is 27.1. The first-order valence-electron chi connectivity index (χ1n) is 15.6. The van der Waals surface area contributed by atoms with E-state index in [1.807, 2.05) is 0 Å². The molecule has 2 aromatic heterocycles. The second-order valence-electron chi connectivity index (χ2n) is 11.5. The molecule has 0 unspecified atom stereocenters. The third-order valence-electron chi connectivity index (χ3n) is 7.58. The van der Waals surface area contributed by atoms with Crippen molar-refractivity contribution in [3.63, 3.8) is 0 Å². The van der Waals surface area contributed by atoms with Gasteiger partial charge in [0.1, 0.15) is 21.5 Å². The largest absolute Gasteiger partial charge is 3.00 e. The van der Waals surface area contributed by atoms with Crippen LogP contribution in [-0.2, 0) is 37.2 Å². The van der Waals surface area contributed by atoms with E-state index in [1.165, 1.54) is 50.2 Å². The number of benzene rings is 4. The van der Waals surface area contributed by atoms with E-state index in [0.717, 1.165) is 57.9 Å². The summed E-state index contributed by atoms with van der Waals surface area (Å²) in [4.78, 5) is 44.7. The molecule has 6 rings (SSSR count). The molecule has 0 spiro atoms. The van der Waals surface area contributed by atoms with Crippen LogP contribution in [-0.4, -0.2) is 40.6 Å². The Bertz CT molecular complexity index is 2800. The van der Waals surface area contributed by atoms with Gasteiger partial charge in [-0.2, -0.15) is 10.2 Å². The number of aryl methyl sites for hydroxylation is 2. The fourth-order valence-electron chi connectivity index (χ4n) is 4.71. The Balaban J connectivity index is 0.000000400. The van der Waals surface area contributed by atoms with Gasteiger partial charge in [-0.1, -0.05) is 37.5 Å². The van der Waals surface area contributed by atoms with Crippen LogP contribution < -0.4 is 95.8 Å². The summed E-state index contributed by atoms with van der Waals surface area (Å²) in [7, 11) is -8.52. The van der Waals surface area contributed by atoms with Crippen LogP contribution in [0.15, 0.2) is 125 Å². The van der Waals surface area contributed by atoms with Crippen molar-refractivity contribution in [2.45, 2.75) is 23.6 Å². The summed E-state index contributed by atoms with van der Waals surface area (Å²) in [5.41, 5.74) is -2.34. The summed E-state index contributed by atoms with van der Waals surface area (Å²) < 4.78 is 57.5. The van der Waals surface area contributed by atoms with Gasteiger partial charge in [-0.3, -0.25) is 29.8 Å². The third-order valence-corrected chi connectivity index (χ3v) is 9.36. The number of hydrogen-bond acceptors (Lipinski definition) is 17. The smallest absolute Gasteiger partial charge is 0.871 e. The maximum absolute atomic E-state index is 12.6. The molecule has 1 radical (unpaired) electrons. The molecule has 0 amide bonds. The van der Waals surface area contributed by atoms with Crippen molar-refractivity contribution < 1.29 is 118 Å². The van der Waals surface area contributed by atoms with Crippen molar-refractivity contribution in [3.8, 4) is 22.9 Å². The summed E-state index contributed by atoms with van der Waals surface area (Å²) in [5, 5.41) is 73.0. The van der Waals surface area contributed by atoms with Crippen LogP contribution >= 0.6 is 0 Å². The Morgan fingerprint density at radius 2 is 0.951 bits per heavy atom. The molecule has 61 heavy (non-hydrogen) atoms. The first-order valence-corrected chi connectivity index (χ1v) is 18.6. The van der Waals surface area contributed by atoms with Crippen LogP contribution in [0.1, 0.15) is 11.4 Å². The Labute approximate surface area is 397 Å². The van der Waals surface area contributed by atoms with Crippen molar-refractivity contribution in [1.29, 1.82) is 0 Å². The number of aromatic nitrogens is 4. The predicted molar refractivity (Wildman–Crippen MR) is 193 cm³/mol. The summed E-state index contributed by atoms with van der Waals surface area (Å²) in [6, 6.07) is 15.5. The van der Waals surface area contributed by atoms with Crippen molar-refractivity contribution in [2.75, 3.05) is 0 Å². The average molecular weight is 935 g/mol. The minimum atomic E-state index is -4.64. The second kappa shape index (κ2) is 21.1. The van der Waals surface area contributed by atoms with E-state index in [-0.39, 0.29) is 138 Å². The van der Waals surface area contributed by atoms with E-state index in [1.54, 1.807) is 0 Å². The fourth-order valence-corrected chi connectivity index (χ4v) is 5.69. The molecule has 2 heterocycles. The molecule has 0 atom stereocenters. The zero-order valence-electron chi connectivity index (χ0n) is 31.6. The Morgan fingerprint density at radius 3 is 1.26 bits per heavy atom. The van der Waals surface area contributed by atoms with E-state index < -0.39 is 57.5 Å². The number of primary sulfonamides is 1. The summed E-state index contributed by atoms with van der Waals surface area (Å²) in [5.74, 6) is -1.22. The van der Waals surface area contributed by atoms with Gasteiger partial charge in [0, 0.05) is 35.6 Å². The number of nitrogens with zero attached hydrogens (tertiary/aromatic N) is 10. The Hall–Kier alpha value is -5.16. The van der Waals surface area contributed by atoms with E-state index >= 15 is 0 Å². The molecule has 0 aliphatic rings. The van der Waals surface area contributed by atoms with Crippen LogP contribution in [0.5, 0.6) is 11.5 Å². The molecule has 0 aliphatic heterocycles. The molecule has 2 N–H and O–H groups in total. The van der Waals surface area contributed by atoms with Crippen molar-refractivity contribution >= 4 is 54.3 Å². The van der Waals surface area contributed by atoms with Crippen LogP contribution in [0.25, 0.3) is 11.4 Å². The SMILES string of the molecule is Cc1[n-]n(-c2ccc(S(=O)(=O)[O-])cc2)c(=O)c1N=Nc1cc([N+](=O)[O-])ccc1[O-].Cc1[n-]n(-c2ccc(S(N)(=O)=O)cc2)c(=O)c1N=Nc1cc([N+](=O)[O-])ccc1[O-].[Fe+3].[Na+].[Na+]. The van der Waals surface area contributed by atoms with Crippen molar-refractivity contribution in [3.05, 3.63) is 137 Å². The van der Waals surface area contributed by atoms with Gasteiger partial charge in [0.2, 0.25) is 10.0 Å². The molecule has 0 fully saturated rings. The van der Waals surface area contributed by atoms with Crippen LogP contribution in [0.2, 0.25) is 0 Å². The van der Waals surface area contributed by atoms with Gasteiger partial charge < -0.3 is 34.3 Å². The van der Waals surface area contributed by atoms with E-state index in [2.05, 4.69) is 30.7 Å². The van der Waals surface area contributed by atoms with Crippen LogP contribution in [0.3, 0.4) is 0 Å². The van der Waals surface area contributed by atoms with Gasteiger partial charge >= 0.3 is 76.2 Å². The molecule has 0 saturated heterocycles. The summed E-state index contributed by atoms with van der Waals surface area (Å²) in [6.45, 7) is 2.94. The number of nitro benzene ring substituents is 2. The minimum absolute atomic E-state index is 0. The monoisotopic (exact) mass is 934 g/mol. The number of nitrogens with two attached hydrogens (primary N) is 1. The Morgan fingerprint density at radius 1 is 0.607 bits per heavy atom. The molecule has 29 heteroatoms. The fraction of sp³-hybridized carbons (Fsp3) is 0.0625. The molecule has 6 aromatic rings. The van der Waals surface area contributed by atoms with Gasteiger partial charge in [-0.25, -0.2) is 22.0 Å². The van der Waals surface area contributed by atoms with E-state index in [9.17, 15) is 61.4 Å². The number of non-ortho nitro benzene ring substituents is 2. The van der Waals surface area contributed by atoms with Crippen LogP contribution in [0, 0.1) is 34.1 Å². The second-order valence-corrected chi connectivity index (χ2v) is 14.4. The van der Waals surface area contributed by atoms with Gasteiger partial charge in [0.25, 0.3) is 22.5 Å². The van der Waals surface area contributed by atoms with Crippen molar-refractivity contribution in [1.82, 2.24) is 19.6 Å². The van der Waals surface area contributed by atoms with Crippen molar-refractivity contribution in [2.24, 2.45) is 25.6 Å². The molecular weight excluding hydrogens is 912 g/mol. The quantitative estimate of drug-likeness (QED) is 0.0459. The first kappa shape index (κ1) is 52.0. The van der Waals surface area contributed by atoms with Gasteiger partial charge in [0.05, 0.1) is 31.0 Å². The van der Waals surface area contributed by atoms with Crippen LogP contribution in [0.4, 0.5) is 34.1 Å². The maximum atomic E-state index is 12.6. The predicted octanol–water partition coefficient (Wildman–Crippen LogP) is -3.44. The molecule has 0 saturated carbocycles. The average Bonchev–Trinajstić information content (AvgIpc) is 3.61. The number of rotatable bonds is 10. The van der Waals surface area contributed by atoms with Gasteiger partial charge in [-0.15, -0.1) is 21.6 Å². The number of nitro groups is 2. The molecule has 0 bridgehead atoms. The van der Waals surface area contributed by atoms with Gasteiger partial charge in [-0.05, 0) is 48.5 Å². The number of sulfonamides is 1. The van der Waals surface area contributed by atoms with E-state index in [4.69, 9.17) is 5.14 Å². The summed E-state index contributed by atoms with van der Waals surface area (Å²) in [6.07, 6.45) is 0. The zero-order chi connectivity index (χ0) is 42.7. The topological polar surface area (TPSA) is 371 Å². The molecular formula is C32H22FeN11Na2O13S2. The standard InChI is InChI=1S/C16H14N6O6S.C16H13N5O7S.Fe.2Na/c1-9-15(19-18-13-8-11(22(25)26)4-7-14(13)23)16(24)21(20-9)10-2-5-12(6-3-10)29(17,27)28;1-9-15(18-17-13-8-11(21(24)25)4-7-14(13)22)16(23)20(19-9)10-2-5-12(6-3-10)29(26,27)28;;;/h2-8H,1H3,(H4,17,18,19,20,23,24,27,28);2-8H,1H3,(H3,17,18,19,22,23,26,27,28);;;/q;;+3;2*+1/p-5. The third kappa shape index (κ3) is 12.5. The van der Waals surface area contributed by atoms with E-state index in [0.29, 0.717) is 0 Å². The number of azo groups is 2. The normalized spacial score (nSPS) is 11.2. The van der Waals surface area contributed by atoms with Gasteiger partial charge in [0.15, 0.2) is 0 Å². The Kier molecular flexibility index (Phi) is 18.0. The maximum Gasteiger partial charge on any atom is 3.00 e. The number of hydrogen-bond donors (Lipinski definition) is 1.